The lowest BCUT2D eigenvalue weighted by molar-refractivity contribution is 0.193. The van der Waals surface area contributed by atoms with Gasteiger partial charge in [0, 0.05) is 13.7 Å². The van der Waals surface area contributed by atoms with Gasteiger partial charge in [-0.2, -0.15) is 0 Å². The zero-order valence-electron chi connectivity index (χ0n) is 8.81. The topological polar surface area (TPSA) is 9.23 Å². The Hall–Kier alpha value is -0.820. The van der Waals surface area contributed by atoms with Crippen LogP contribution in [0, 0.1) is 0 Å². The molecule has 0 spiro atoms. The Kier molecular flexibility index (Phi) is 7.32. The number of hydrogen-bond donors (Lipinski definition) is 0. The summed E-state index contributed by atoms with van der Waals surface area (Å²) in [6.45, 7) is 10.6. The van der Waals surface area contributed by atoms with E-state index in [1.165, 1.54) is 5.57 Å². The predicted molar refractivity (Wildman–Crippen MR) is 58.8 cm³/mol. The Morgan fingerprint density at radius 3 is 2.46 bits per heavy atom. The second-order valence-electron chi connectivity index (χ2n) is 3.29. The molecule has 74 valence electrons. The molecule has 0 aromatic carbocycles. The Bertz CT molecular complexity index is 189. The first-order chi connectivity index (χ1) is 6.16. The third-order valence-electron chi connectivity index (χ3n) is 1.70. The summed E-state index contributed by atoms with van der Waals surface area (Å²) in [4.78, 5) is 0. The molecule has 0 saturated heterocycles. The fourth-order valence-corrected chi connectivity index (χ4v) is 0.942. The summed E-state index contributed by atoms with van der Waals surface area (Å²) in [5, 5.41) is 0. The van der Waals surface area contributed by atoms with Gasteiger partial charge < -0.3 is 4.74 Å². The van der Waals surface area contributed by atoms with Gasteiger partial charge in [0.1, 0.15) is 0 Å². The molecule has 0 aliphatic heterocycles. The monoisotopic (exact) mass is 180 g/mol. The second-order valence-corrected chi connectivity index (χ2v) is 3.29. The molecule has 0 aliphatic rings. The zero-order chi connectivity index (χ0) is 10.1. The summed E-state index contributed by atoms with van der Waals surface area (Å²) in [6, 6.07) is 0. The molecule has 0 unspecified atom stereocenters. The van der Waals surface area contributed by atoms with Gasteiger partial charge in [-0.15, -0.1) is 0 Å². The van der Waals surface area contributed by atoms with Crippen molar-refractivity contribution in [3.05, 3.63) is 36.5 Å². The van der Waals surface area contributed by atoms with E-state index in [9.17, 15) is 0 Å². The summed E-state index contributed by atoms with van der Waals surface area (Å²) in [6.07, 6.45) is 7.34. The molecule has 0 saturated carbocycles. The summed E-state index contributed by atoms with van der Waals surface area (Å²) in [5.41, 5.74) is 2.23. The normalized spacial score (nSPS) is 10.6. The van der Waals surface area contributed by atoms with Crippen LogP contribution >= 0.6 is 0 Å². The minimum Gasteiger partial charge on any atom is -0.385 e. The molecule has 0 N–H and O–H groups in total. The number of rotatable bonds is 7. The number of unbranched alkanes of at least 4 members (excludes halogenated alkanes) is 1. The standard InChI is InChI=1S/C12H20O/c1-11(2)8-9-12(3)7-5-6-10-13-4/h8-9H,1,3,5-7,10H2,2,4H3/b9-8-. The quantitative estimate of drug-likeness (QED) is 0.430. The van der Waals surface area contributed by atoms with Crippen molar-refractivity contribution < 1.29 is 4.74 Å². The van der Waals surface area contributed by atoms with E-state index >= 15 is 0 Å². The van der Waals surface area contributed by atoms with Crippen LogP contribution in [0.2, 0.25) is 0 Å². The van der Waals surface area contributed by atoms with E-state index in [0.29, 0.717) is 0 Å². The van der Waals surface area contributed by atoms with Gasteiger partial charge in [0.25, 0.3) is 0 Å². The Morgan fingerprint density at radius 1 is 1.23 bits per heavy atom. The van der Waals surface area contributed by atoms with Crippen LogP contribution in [0.3, 0.4) is 0 Å². The minimum absolute atomic E-state index is 0.845. The largest absolute Gasteiger partial charge is 0.385 e. The fraction of sp³-hybridized carbons (Fsp3) is 0.500. The smallest absolute Gasteiger partial charge is 0.0462 e. The summed E-state index contributed by atoms with van der Waals surface area (Å²) in [7, 11) is 1.73. The first kappa shape index (κ1) is 12.2. The van der Waals surface area contributed by atoms with Gasteiger partial charge in [-0.25, -0.2) is 0 Å². The van der Waals surface area contributed by atoms with E-state index in [2.05, 4.69) is 13.2 Å². The number of methoxy groups -OCH3 is 1. The van der Waals surface area contributed by atoms with Crippen LogP contribution < -0.4 is 0 Å². The molecule has 0 aromatic rings. The zero-order valence-corrected chi connectivity index (χ0v) is 8.81. The molecule has 0 atom stereocenters. The molecular formula is C12H20O. The van der Waals surface area contributed by atoms with Crippen LogP contribution in [0.25, 0.3) is 0 Å². The van der Waals surface area contributed by atoms with Crippen molar-refractivity contribution in [3.8, 4) is 0 Å². The summed E-state index contributed by atoms with van der Waals surface area (Å²) < 4.78 is 4.96. The van der Waals surface area contributed by atoms with E-state index in [1.54, 1.807) is 7.11 Å². The predicted octanol–water partition coefficient (Wildman–Crippen LogP) is 3.49. The highest BCUT2D eigenvalue weighted by Crippen LogP contribution is 2.07. The average Bonchev–Trinajstić information content (AvgIpc) is 2.09. The van der Waals surface area contributed by atoms with Gasteiger partial charge in [-0.3, -0.25) is 0 Å². The van der Waals surface area contributed by atoms with E-state index < -0.39 is 0 Å². The van der Waals surface area contributed by atoms with Crippen molar-refractivity contribution in [2.45, 2.75) is 26.2 Å². The highest BCUT2D eigenvalue weighted by atomic mass is 16.5. The molecule has 1 heteroatoms. The van der Waals surface area contributed by atoms with Crippen molar-refractivity contribution >= 4 is 0 Å². The van der Waals surface area contributed by atoms with Crippen molar-refractivity contribution in [2.75, 3.05) is 13.7 Å². The lowest BCUT2D eigenvalue weighted by Crippen LogP contribution is -1.88. The van der Waals surface area contributed by atoms with Gasteiger partial charge in [-0.05, 0) is 26.2 Å². The SMILES string of the molecule is C=C(C)/C=C\C(=C)CCCCOC. The van der Waals surface area contributed by atoms with Crippen LogP contribution in [-0.2, 0) is 4.74 Å². The molecule has 0 aromatic heterocycles. The summed E-state index contributed by atoms with van der Waals surface area (Å²) >= 11 is 0. The maximum Gasteiger partial charge on any atom is 0.0462 e. The van der Waals surface area contributed by atoms with Gasteiger partial charge in [0.2, 0.25) is 0 Å². The maximum atomic E-state index is 4.96. The molecule has 0 radical (unpaired) electrons. The molecule has 0 amide bonds. The van der Waals surface area contributed by atoms with E-state index in [0.717, 1.165) is 31.4 Å². The van der Waals surface area contributed by atoms with E-state index in [4.69, 9.17) is 4.74 Å². The van der Waals surface area contributed by atoms with Crippen LogP contribution in [-0.4, -0.2) is 13.7 Å². The second kappa shape index (κ2) is 7.81. The van der Waals surface area contributed by atoms with Crippen LogP contribution in [0.1, 0.15) is 26.2 Å². The van der Waals surface area contributed by atoms with Crippen molar-refractivity contribution in [1.29, 1.82) is 0 Å². The summed E-state index contributed by atoms with van der Waals surface area (Å²) in [5.74, 6) is 0. The maximum absolute atomic E-state index is 4.96. The van der Waals surface area contributed by atoms with Gasteiger partial charge in [0.05, 0.1) is 0 Å². The van der Waals surface area contributed by atoms with Crippen LogP contribution in [0.5, 0.6) is 0 Å². The van der Waals surface area contributed by atoms with Crippen LogP contribution in [0.15, 0.2) is 36.5 Å². The molecular weight excluding hydrogens is 160 g/mol. The van der Waals surface area contributed by atoms with Crippen molar-refractivity contribution in [1.82, 2.24) is 0 Å². The number of hydrogen-bond acceptors (Lipinski definition) is 1. The van der Waals surface area contributed by atoms with Gasteiger partial charge >= 0.3 is 0 Å². The Labute approximate surface area is 81.8 Å². The Balaban J connectivity index is 3.46. The molecule has 0 bridgehead atoms. The highest BCUT2D eigenvalue weighted by Gasteiger charge is 1.90. The van der Waals surface area contributed by atoms with E-state index in [-0.39, 0.29) is 0 Å². The molecule has 0 fully saturated rings. The van der Waals surface area contributed by atoms with Gasteiger partial charge in [0.15, 0.2) is 0 Å². The van der Waals surface area contributed by atoms with Gasteiger partial charge in [-0.1, -0.05) is 36.5 Å². The minimum atomic E-state index is 0.845. The third kappa shape index (κ3) is 9.09. The average molecular weight is 180 g/mol. The van der Waals surface area contributed by atoms with E-state index in [1.807, 2.05) is 19.1 Å². The molecule has 13 heavy (non-hydrogen) atoms. The third-order valence-corrected chi connectivity index (χ3v) is 1.70. The van der Waals surface area contributed by atoms with Crippen molar-refractivity contribution in [3.63, 3.8) is 0 Å². The van der Waals surface area contributed by atoms with Crippen molar-refractivity contribution in [2.24, 2.45) is 0 Å². The first-order valence-corrected chi connectivity index (χ1v) is 4.67. The number of ether oxygens (including phenoxy) is 1. The Morgan fingerprint density at radius 2 is 1.92 bits per heavy atom. The number of allylic oxidation sites excluding steroid dienone is 4. The molecule has 0 rings (SSSR count). The molecule has 0 aliphatic carbocycles. The molecule has 1 nitrogen and oxygen atoms in total. The fourth-order valence-electron chi connectivity index (χ4n) is 0.942. The first-order valence-electron chi connectivity index (χ1n) is 4.67. The highest BCUT2D eigenvalue weighted by molar-refractivity contribution is 5.22. The lowest BCUT2D eigenvalue weighted by Gasteiger charge is -1.99. The molecule has 0 heterocycles. The lowest BCUT2D eigenvalue weighted by atomic mass is 10.1. The van der Waals surface area contributed by atoms with Crippen LogP contribution in [0.4, 0.5) is 0 Å².